The van der Waals surface area contributed by atoms with Gasteiger partial charge in [0.05, 0.1) is 0 Å². The Morgan fingerprint density at radius 2 is 1.00 bits per heavy atom. The van der Waals surface area contributed by atoms with Crippen LogP contribution in [0.25, 0.3) is 0 Å². The lowest BCUT2D eigenvalue weighted by molar-refractivity contribution is -0.00000285. The molecule has 0 rings (SSSR count). The van der Waals surface area contributed by atoms with Crippen molar-refractivity contribution in [2.75, 3.05) is 5.75 Å². The summed E-state index contributed by atoms with van der Waals surface area (Å²) in [5.74, 6) is 1.07. The molecule has 0 amide bonds. The van der Waals surface area contributed by atoms with E-state index in [1.807, 2.05) is 0 Å². The van der Waals surface area contributed by atoms with Crippen LogP contribution in [0.3, 0.4) is 0 Å². The van der Waals surface area contributed by atoms with Crippen LogP contribution < -0.4 is 12.4 Å². The fraction of sp³-hybridized carbons (Fsp3) is 1.00. The summed E-state index contributed by atoms with van der Waals surface area (Å²) in [6, 6.07) is 0. The van der Waals surface area contributed by atoms with Crippen LogP contribution in [-0.2, 0) is 0 Å². The van der Waals surface area contributed by atoms with Gasteiger partial charge < -0.3 is 12.4 Å². The van der Waals surface area contributed by atoms with Crippen LogP contribution in [0.2, 0.25) is 0 Å². The molecule has 0 radical (unpaired) electrons. The highest BCUT2D eigenvalue weighted by molar-refractivity contribution is 7.80. The van der Waals surface area contributed by atoms with E-state index in [1.54, 1.807) is 0 Å². The second-order valence-electron chi connectivity index (χ2n) is 3.91. The predicted molar refractivity (Wildman–Crippen MR) is 65.7 cm³/mol. The Bertz CT molecular complexity index is 76.4. The fourth-order valence-electron chi connectivity index (χ4n) is 1.60. The highest BCUT2D eigenvalue weighted by Gasteiger charge is 1.91. The Balaban J connectivity index is 0. The number of unbranched alkanes of at least 4 members (excludes halogenated alkanes) is 9. The molecule has 0 unspecified atom stereocenters. The molecule has 0 fully saturated rings. The van der Waals surface area contributed by atoms with E-state index in [0.717, 1.165) is 5.75 Å². The monoisotopic (exact) mass is 237 g/mol. The van der Waals surface area contributed by atoms with Crippen LogP contribution in [-0.4, -0.2) is 5.75 Å². The third-order valence-corrected chi connectivity index (χ3v) is 2.83. The zero-order valence-electron chi connectivity index (χ0n) is 9.60. The van der Waals surface area contributed by atoms with E-state index in [1.165, 1.54) is 64.2 Å². The van der Waals surface area contributed by atoms with Crippen molar-refractivity contribution in [2.45, 2.75) is 71.1 Å². The molecule has 0 heterocycles. The minimum atomic E-state index is 0. The molecule has 88 valence electrons. The molecule has 0 N–H and O–H groups in total. The van der Waals surface area contributed by atoms with E-state index < -0.39 is 0 Å². The maximum atomic E-state index is 4.20. The van der Waals surface area contributed by atoms with Crippen LogP contribution >= 0.6 is 12.6 Å². The van der Waals surface area contributed by atoms with Gasteiger partial charge in [0.25, 0.3) is 0 Å². The molecule has 0 saturated carbocycles. The van der Waals surface area contributed by atoms with Crippen LogP contribution in [0.4, 0.5) is 0 Å². The first-order valence-corrected chi connectivity index (χ1v) is 6.66. The van der Waals surface area contributed by atoms with Gasteiger partial charge in [-0.25, -0.2) is 0 Å². The van der Waals surface area contributed by atoms with Crippen molar-refractivity contribution in [2.24, 2.45) is 0 Å². The van der Waals surface area contributed by atoms with Crippen molar-refractivity contribution in [3.05, 3.63) is 0 Å². The zero-order chi connectivity index (χ0) is 9.78. The summed E-state index contributed by atoms with van der Waals surface area (Å²) < 4.78 is 0. The quantitative estimate of drug-likeness (QED) is 0.435. The summed E-state index contributed by atoms with van der Waals surface area (Å²) in [4.78, 5) is 0. The van der Waals surface area contributed by atoms with Gasteiger partial charge in [-0.05, 0) is 12.2 Å². The van der Waals surface area contributed by atoms with Crippen molar-refractivity contribution in [1.29, 1.82) is 0 Å². The van der Waals surface area contributed by atoms with Gasteiger partial charge in [0.2, 0.25) is 0 Å². The topological polar surface area (TPSA) is 0 Å². The van der Waals surface area contributed by atoms with Gasteiger partial charge in [-0.2, -0.15) is 12.6 Å². The van der Waals surface area contributed by atoms with E-state index in [2.05, 4.69) is 19.6 Å². The van der Waals surface area contributed by atoms with Gasteiger partial charge in [0.1, 0.15) is 0 Å². The second-order valence-corrected chi connectivity index (χ2v) is 4.35. The summed E-state index contributed by atoms with van der Waals surface area (Å²) in [5.41, 5.74) is 0. The number of thiol groups is 1. The smallest absolute Gasteiger partial charge is 0.00979 e. The molecule has 0 atom stereocenters. The molecule has 0 saturated heterocycles. The second kappa shape index (κ2) is 16.1. The van der Waals surface area contributed by atoms with Gasteiger partial charge in [0, 0.05) is 0 Å². The average Bonchev–Trinajstić information content (AvgIpc) is 2.16. The minimum absolute atomic E-state index is 0. The molecule has 0 nitrogen and oxygen atoms in total. The predicted octanol–water partition coefficient (Wildman–Crippen LogP) is 1.84. The maximum Gasteiger partial charge on any atom is -0.00979 e. The molecule has 0 aliphatic rings. The molecular weight excluding hydrogens is 212 g/mol. The maximum absolute atomic E-state index is 4.20. The van der Waals surface area contributed by atoms with Crippen molar-refractivity contribution in [3.63, 3.8) is 0 Å². The molecule has 14 heavy (non-hydrogen) atoms. The molecule has 0 spiro atoms. The molecule has 0 aromatic rings. The third kappa shape index (κ3) is 15.1. The van der Waals surface area contributed by atoms with Crippen molar-refractivity contribution in [1.82, 2.24) is 0 Å². The van der Waals surface area contributed by atoms with Gasteiger partial charge in [0.15, 0.2) is 0 Å². The first-order chi connectivity index (χ1) is 6.41. The van der Waals surface area contributed by atoms with Crippen LogP contribution in [0.15, 0.2) is 0 Å². The highest BCUT2D eigenvalue weighted by atomic mass is 35.5. The first-order valence-electron chi connectivity index (χ1n) is 6.02. The number of hydrogen-bond donors (Lipinski definition) is 1. The molecule has 0 aliphatic carbocycles. The normalized spacial score (nSPS) is 9.86. The molecule has 0 aromatic heterocycles. The lowest BCUT2D eigenvalue weighted by Gasteiger charge is -2.00. The SMILES string of the molecule is CCCCCCCCCCCCS.[Cl-]. The Hall–Kier alpha value is 0.640. The van der Waals surface area contributed by atoms with Crippen LogP contribution in [0.1, 0.15) is 71.1 Å². The van der Waals surface area contributed by atoms with E-state index in [4.69, 9.17) is 0 Å². The minimum Gasteiger partial charge on any atom is -1.00 e. The van der Waals surface area contributed by atoms with E-state index >= 15 is 0 Å². The summed E-state index contributed by atoms with van der Waals surface area (Å²) in [7, 11) is 0. The van der Waals surface area contributed by atoms with E-state index in [9.17, 15) is 0 Å². The zero-order valence-corrected chi connectivity index (χ0v) is 11.3. The summed E-state index contributed by atoms with van der Waals surface area (Å²) >= 11 is 4.20. The van der Waals surface area contributed by atoms with Gasteiger partial charge in [-0.1, -0.05) is 64.7 Å². The van der Waals surface area contributed by atoms with Gasteiger partial charge in [-0.3, -0.25) is 0 Å². The van der Waals surface area contributed by atoms with Gasteiger partial charge in [-0.15, -0.1) is 0 Å². The third-order valence-electron chi connectivity index (χ3n) is 2.51. The van der Waals surface area contributed by atoms with Crippen molar-refractivity contribution in [3.8, 4) is 0 Å². The standard InChI is InChI=1S/C12H26S.ClH/c1-2-3-4-5-6-7-8-9-10-11-12-13;/h13H,2-12H2,1H3;1H/p-1. The van der Waals surface area contributed by atoms with Crippen LogP contribution in [0.5, 0.6) is 0 Å². The summed E-state index contributed by atoms with van der Waals surface area (Å²) in [6.07, 6.45) is 14.2. The largest absolute Gasteiger partial charge is 1.00 e. The molecule has 0 aromatic carbocycles. The molecule has 0 bridgehead atoms. The average molecular weight is 238 g/mol. The van der Waals surface area contributed by atoms with Crippen molar-refractivity contribution >= 4 is 12.6 Å². The van der Waals surface area contributed by atoms with E-state index in [0.29, 0.717) is 0 Å². The number of halogens is 1. The molecule has 0 aliphatic heterocycles. The van der Waals surface area contributed by atoms with Crippen LogP contribution in [0, 0.1) is 0 Å². The number of rotatable bonds is 10. The highest BCUT2D eigenvalue weighted by Crippen LogP contribution is 2.10. The fourth-order valence-corrected chi connectivity index (χ4v) is 1.82. The Morgan fingerprint density at radius 1 is 0.643 bits per heavy atom. The van der Waals surface area contributed by atoms with Gasteiger partial charge >= 0.3 is 0 Å². The lowest BCUT2D eigenvalue weighted by atomic mass is 10.1. The van der Waals surface area contributed by atoms with Crippen molar-refractivity contribution < 1.29 is 12.4 Å². The molecule has 2 heteroatoms. The summed E-state index contributed by atoms with van der Waals surface area (Å²) in [5, 5.41) is 0. The Morgan fingerprint density at radius 3 is 1.36 bits per heavy atom. The Kier molecular flexibility index (Phi) is 19.6. The Labute approximate surface area is 102 Å². The summed E-state index contributed by atoms with van der Waals surface area (Å²) in [6.45, 7) is 2.28. The van der Waals surface area contributed by atoms with E-state index in [-0.39, 0.29) is 12.4 Å². The molecular formula is C12H26ClS-. The number of hydrogen-bond acceptors (Lipinski definition) is 1. The lowest BCUT2D eigenvalue weighted by Crippen LogP contribution is -3.00. The first kappa shape index (κ1) is 17.0.